The average molecular weight is 318 g/mol. The number of benzene rings is 1. The van der Waals surface area contributed by atoms with Crippen molar-refractivity contribution in [2.75, 3.05) is 33.7 Å². The Bertz CT molecular complexity index is 533. The van der Waals surface area contributed by atoms with Gasteiger partial charge in [-0.3, -0.25) is 4.79 Å². The van der Waals surface area contributed by atoms with Crippen LogP contribution in [0.25, 0.3) is 0 Å². The van der Waals surface area contributed by atoms with Crippen LogP contribution in [0.3, 0.4) is 0 Å². The monoisotopic (exact) mass is 318 g/mol. The summed E-state index contributed by atoms with van der Waals surface area (Å²) in [6.45, 7) is 3.95. The summed E-state index contributed by atoms with van der Waals surface area (Å²) in [6.07, 6.45) is 0.359. The largest absolute Gasteiger partial charge is 0.337 e. The molecule has 126 valence electrons. The second-order valence-electron chi connectivity index (χ2n) is 6.24. The molecule has 1 aliphatic heterocycles. The Balaban J connectivity index is 1.84. The molecule has 1 fully saturated rings. The Morgan fingerprint density at radius 2 is 2.04 bits per heavy atom. The van der Waals surface area contributed by atoms with Gasteiger partial charge in [-0.2, -0.15) is 0 Å². The van der Waals surface area contributed by atoms with Gasteiger partial charge >= 0.3 is 6.03 Å². The summed E-state index contributed by atoms with van der Waals surface area (Å²) in [4.78, 5) is 27.9. The summed E-state index contributed by atoms with van der Waals surface area (Å²) in [7, 11) is 3.91. The first-order valence-electron chi connectivity index (χ1n) is 8.01. The molecular formula is C17H26N4O2. The van der Waals surface area contributed by atoms with Crippen molar-refractivity contribution in [3.8, 4) is 0 Å². The molecule has 0 bridgehead atoms. The van der Waals surface area contributed by atoms with E-state index in [2.05, 4.69) is 10.6 Å². The molecule has 2 N–H and O–H groups in total. The SMILES string of the molecule is CC(c1ccccc1)N1CC(NC(=O)NCCN(C)C)CC1=O. The minimum Gasteiger partial charge on any atom is -0.337 e. The second kappa shape index (κ2) is 7.97. The fourth-order valence-corrected chi connectivity index (χ4v) is 2.74. The third kappa shape index (κ3) is 4.96. The molecule has 1 aromatic carbocycles. The quantitative estimate of drug-likeness (QED) is 0.829. The highest BCUT2D eigenvalue weighted by atomic mass is 16.2. The fraction of sp³-hybridized carbons (Fsp3) is 0.529. The number of carbonyl (C=O) groups is 2. The lowest BCUT2D eigenvalue weighted by molar-refractivity contribution is -0.129. The number of urea groups is 1. The van der Waals surface area contributed by atoms with Gasteiger partial charge in [-0.25, -0.2) is 4.79 Å². The molecule has 6 heteroatoms. The van der Waals surface area contributed by atoms with Crippen molar-refractivity contribution in [3.63, 3.8) is 0 Å². The molecule has 2 rings (SSSR count). The standard InChI is InChI=1S/C17H26N4O2/c1-13(14-7-5-4-6-8-14)21-12-15(11-16(21)22)19-17(23)18-9-10-20(2)3/h4-8,13,15H,9-12H2,1-3H3,(H2,18,19,23). The Hall–Kier alpha value is -2.08. The van der Waals surface area contributed by atoms with Crippen LogP contribution in [0.4, 0.5) is 4.79 Å². The number of hydrogen-bond donors (Lipinski definition) is 2. The van der Waals surface area contributed by atoms with Crippen molar-refractivity contribution in [1.82, 2.24) is 20.4 Å². The maximum absolute atomic E-state index is 12.2. The molecule has 0 aromatic heterocycles. The van der Waals surface area contributed by atoms with Gasteiger partial charge in [-0.15, -0.1) is 0 Å². The van der Waals surface area contributed by atoms with Gasteiger partial charge in [0.1, 0.15) is 0 Å². The summed E-state index contributed by atoms with van der Waals surface area (Å²) in [6, 6.07) is 9.63. The Morgan fingerprint density at radius 3 is 2.70 bits per heavy atom. The molecular weight excluding hydrogens is 292 g/mol. The van der Waals surface area contributed by atoms with Crippen LogP contribution in [0, 0.1) is 0 Å². The van der Waals surface area contributed by atoms with Gasteiger partial charge in [-0.05, 0) is 26.6 Å². The zero-order valence-electron chi connectivity index (χ0n) is 14.1. The van der Waals surface area contributed by atoms with Crippen molar-refractivity contribution in [3.05, 3.63) is 35.9 Å². The summed E-state index contributed by atoms with van der Waals surface area (Å²) >= 11 is 0. The molecule has 0 radical (unpaired) electrons. The van der Waals surface area contributed by atoms with Gasteiger partial charge in [0.05, 0.1) is 12.1 Å². The molecule has 23 heavy (non-hydrogen) atoms. The Kier molecular flexibility index (Phi) is 5.98. The number of nitrogens with zero attached hydrogens (tertiary/aromatic N) is 2. The van der Waals surface area contributed by atoms with E-state index in [4.69, 9.17) is 0 Å². The van der Waals surface area contributed by atoms with Crippen LogP contribution in [0.1, 0.15) is 24.9 Å². The highest BCUT2D eigenvalue weighted by Gasteiger charge is 2.33. The number of carbonyl (C=O) groups excluding carboxylic acids is 2. The molecule has 1 heterocycles. The lowest BCUT2D eigenvalue weighted by atomic mass is 10.1. The molecule has 2 unspecified atom stereocenters. The van der Waals surface area contributed by atoms with E-state index in [0.29, 0.717) is 19.5 Å². The third-order valence-electron chi connectivity index (χ3n) is 4.09. The molecule has 2 atom stereocenters. The highest BCUT2D eigenvalue weighted by molar-refractivity contribution is 5.82. The predicted molar refractivity (Wildman–Crippen MR) is 90.1 cm³/mol. The van der Waals surface area contributed by atoms with Crippen LogP contribution in [0.2, 0.25) is 0 Å². The number of hydrogen-bond acceptors (Lipinski definition) is 3. The topological polar surface area (TPSA) is 64.7 Å². The van der Waals surface area contributed by atoms with E-state index in [1.165, 1.54) is 0 Å². The van der Waals surface area contributed by atoms with Crippen molar-refractivity contribution < 1.29 is 9.59 Å². The molecule has 0 aliphatic carbocycles. The molecule has 1 aliphatic rings. The van der Waals surface area contributed by atoms with Crippen LogP contribution in [0.15, 0.2) is 30.3 Å². The van der Waals surface area contributed by atoms with Crippen LogP contribution >= 0.6 is 0 Å². The number of likely N-dealkylation sites (tertiary alicyclic amines) is 1. The van der Waals surface area contributed by atoms with Gasteiger partial charge in [0.15, 0.2) is 0 Å². The molecule has 0 spiro atoms. The van der Waals surface area contributed by atoms with E-state index in [0.717, 1.165) is 12.1 Å². The van der Waals surface area contributed by atoms with E-state index >= 15 is 0 Å². The van der Waals surface area contributed by atoms with E-state index in [-0.39, 0.29) is 24.0 Å². The molecule has 0 saturated carbocycles. The predicted octanol–water partition coefficient (Wildman–Crippen LogP) is 1.21. The van der Waals surface area contributed by atoms with Crippen molar-refractivity contribution in [2.24, 2.45) is 0 Å². The van der Waals surface area contributed by atoms with Gasteiger partial charge < -0.3 is 20.4 Å². The van der Waals surface area contributed by atoms with Crippen molar-refractivity contribution >= 4 is 11.9 Å². The first-order chi connectivity index (χ1) is 11.0. The third-order valence-corrected chi connectivity index (χ3v) is 4.09. The van der Waals surface area contributed by atoms with Crippen LogP contribution in [-0.2, 0) is 4.79 Å². The van der Waals surface area contributed by atoms with Gasteiger partial charge in [0.25, 0.3) is 0 Å². The first kappa shape index (κ1) is 17.3. The Labute approximate surface area is 137 Å². The number of amides is 3. The maximum atomic E-state index is 12.2. The average Bonchev–Trinajstić information content (AvgIpc) is 2.87. The molecule has 1 aromatic rings. The number of likely N-dealkylation sites (N-methyl/N-ethyl adjacent to an activating group) is 1. The highest BCUT2D eigenvalue weighted by Crippen LogP contribution is 2.25. The van der Waals surface area contributed by atoms with E-state index < -0.39 is 0 Å². The second-order valence-corrected chi connectivity index (χ2v) is 6.24. The van der Waals surface area contributed by atoms with Crippen molar-refractivity contribution in [2.45, 2.75) is 25.4 Å². The molecule has 3 amide bonds. The molecule has 1 saturated heterocycles. The number of nitrogens with one attached hydrogen (secondary N) is 2. The van der Waals surface area contributed by atoms with Gasteiger partial charge in [0.2, 0.25) is 5.91 Å². The van der Waals surface area contributed by atoms with Crippen LogP contribution < -0.4 is 10.6 Å². The first-order valence-corrected chi connectivity index (χ1v) is 8.01. The van der Waals surface area contributed by atoms with Crippen LogP contribution in [-0.4, -0.2) is 61.5 Å². The van der Waals surface area contributed by atoms with E-state index in [9.17, 15) is 9.59 Å². The normalized spacial score (nSPS) is 19.0. The minimum atomic E-state index is -0.209. The summed E-state index contributed by atoms with van der Waals surface area (Å²) in [5.41, 5.74) is 1.11. The fourth-order valence-electron chi connectivity index (χ4n) is 2.74. The summed E-state index contributed by atoms with van der Waals surface area (Å²) < 4.78 is 0. The van der Waals surface area contributed by atoms with Gasteiger partial charge in [0, 0.05) is 26.1 Å². The summed E-state index contributed by atoms with van der Waals surface area (Å²) in [5, 5.41) is 5.70. The van der Waals surface area contributed by atoms with Crippen molar-refractivity contribution in [1.29, 1.82) is 0 Å². The maximum Gasteiger partial charge on any atom is 0.315 e. The minimum absolute atomic E-state index is 0.0207. The van der Waals surface area contributed by atoms with E-state index in [1.807, 2.05) is 61.2 Å². The zero-order valence-corrected chi connectivity index (χ0v) is 14.1. The number of rotatable bonds is 6. The van der Waals surface area contributed by atoms with E-state index in [1.54, 1.807) is 0 Å². The molecule has 6 nitrogen and oxygen atoms in total. The summed E-state index contributed by atoms with van der Waals surface area (Å²) in [5.74, 6) is 0.0833. The van der Waals surface area contributed by atoms with Crippen LogP contribution in [0.5, 0.6) is 0 Å². The lowest BCUT2D eigenvalue weighted by Crippen LogP contribution is -2.45. The smallest absolute Gasteiger partial charge is 0.315 e. The lowest BCUT2D eigenvalue weighted by Gasteiger charge is -2.25. The Morgan fingerprint density at radius 1 is 1.35 bits per heavy atom. The zero-order chi connectivity index (χ0) is 16.8. The van der Waals surface area contributed by atoms with Gasteiger partial charge in [-0.1, -0.05) is 30.3 Å².